The number of carbonyl (C=O) groups excluding carboxylic acids is 1. The number of aryl methyl sites for hydroxylation is 2. The molecule has 2 heteroatoms. The molecule has 0 aliphatic carbocycles. The Kier molecular flexibility index (Phi) is 2.27. The number of benzene rings is 2. The van der Waals surface area contributed by atoms with E-state index >= 15 is 0 Å². The SMILES string of the molecule is CC(=O)n1c2ccccc2c2ccc(C)c(C)c21. The van der Waals surface area contributed by atoms with Crippen LogP contribution in [0.4, 0.5) is 0 Å². The topological polar surface area (TPSA) is 22.0 Å². The first-order valence-corrected chi connectivity index (χ1v) is 6.11. The van der Waals surface area contributed by atoms with Crippen LogP contribution in [0.2, 0.25) is 0 Å². The van der Waals surface area contributed by atoms with Crippen LogP contribution < -0.4 is 0 Å². The van der Waals surface area contributed by atoms with Crippen LogP contribution in [-0.2, 0) is 0 Å². The highest BCUT2D eigenvalue weighted by molar-refractivity contribution is 6.14. The first-order valence-electron chi connectivity index (χ1n) is 6.11. The molecule has 0 amide bonds. The summed E-state index contributed by atoms with van der Waals surface area (Å²) in [5.41, 5.74) is 4.43. The van der Waals surface area contributed by atoms with Crippen molar-refractivity contribution in [2.75, 3.05) is 0 Å². The molecular formula is C16H15NO. The zero-order chi connectivity index (χ0) is 12.9. The summed E-state index contributed by atoms with van der Waals surface area (Å²) in [6.45, 7) is 5.78. The average Bonchev–Trinajstić information content (AvgIpc) is 2.69. The maximum Gasteiger partial charge on any atom is 0.228 e. The summed E-state index contributed by atoms with van der Waals surface area (Å²) in [6, 6.07) is 12.3. The van der Waals surface area contributed by atoms with Crippen LogP contribution in [0.5, 0.6) is 0 Å². The maximum atomic E-state index is 12.0. The third-order valence-electron chi connectivity index (χ3n) is 3.68. The lowest BCUT2D eigenvalue weighted by atomic mass is 10.1. The molecule has 2 nitrogen and oxygen atoms in total. The molecule has 0 saturated carbocycles. The molecule has 0 aliphatic rings. The second-order valence-corrected chi connectivity index (χ2v) is 4.78. The minimum Gasteiger partial charge on any atom is -0.280 e. The molecule has 0 N–H and O–H groups in total. The van der Waals surface area contributed by atoms with Gasteiger partial charge in [0.05, 0.1) is 11.0 Å². The molecule has 3 aromatic rings. The Morgan fingerprint density at radius 3 is 2.44 bits per heavy atom. The van der Waals surface area contributed by atoms with Gasteiger partial charge in [0.15, 0.2) is 0 Å². The molecule has 0 spiro atoms. The van der Waals surface area contributed by atoms with Gasteiger partial charge in [-0.1, -0.05) is 30.3 Å². The maximum absolute atomic E-state index is 12.0. The standard InChI is InChI=1S/C16H15NO/c1-10-8-9-14-13-6-4-5-7-15(13)17(12(3)18)16(14)11(10)2/h4-9H,1-3H3. The van der Waals surface area contributed by atoms with Gasteiger partial charge in [0.25, 0.3) is 0 Å². The van der Waals surface area contributed by atoms with E-state index in [9.17, 15) is 4.79 Å². The van der Waals surface area contributed by atoms with E-state index in [0.717, 1.165) is 21.8 Å². The largest absolute Gasteiger partial charge is 0.280 e. The Balaban J connectivity index is 2.67. The molecule has 1 aromatic heterocycles. The summed E-state index contributed by atoms with van der Waals surface area (Å²) in [5.74, 6) is 0.0647. The normalized spacial score (nSPS) is 11.3. The Hall–Kier alpha value is -2.09. The van der Waals surface area contributed by atoms with Crippen LogP contribution in [0.3, 0.4) is 0 Å². The molecule has 0 bridgehead atoms. The summed E-state index contributed by atoms with van der Waals surface area (Å²) >= 11 is 0. The van der Waals surface area contributed by atoms with Gasteiger partial charge in [-0.15, -0.1) is 0 Å². The molecule has 3 rings (SSSR count). The highest BCUT2D eigenvalue weighted by Gasteiger charge is 2.15. The monoisotopic (exact) mass is 237 g/mol. The lowest BCUT2D eigenvalue weighted by Gasteiger charge is -2.06. The van der Waals surface area contributed by atoms with Gasteiger partial charge < -0.3 is 0 Å². The van der Waals surface area contributed by atoms with Gasteiger partial charge in [0.1, 0.15) is 0 Å². The summed E-state index contributed by atoms with van der Waals surface area (Å²) in [4.78, 5) is 12.0. The van der Waals surface area contributed by atoms with Gasteiger partial charge in [-0.05, 0) is 31.0 Å². The molecule has 90 valence electrons. The van der Waals surface area contributed by atoms with Crippen molar-refractivity contribution in [1.82, 2.24) is 4.57 Å². The van der Waals surface area contributed by atoms with Crippen molar-refractivity contribution in [2.24, 2.45) is 0 Å². The minimum atomic E-state index is 0.0647. The fourth-order valence-electron chi connectivity index (χ4n) is 2.65. The van der Waals surface area contributed by atoms with Gasteiger partial charge in [-0.2, -0.15) is 0 Å². The molecular weight excluding hydrogens is 222 g/mol. The fraction of sp³-hybridized carbons (Fsp3) is 0.188. The van der Waals surface area contributed by atoms with E-state index in [-0.39, 0.29) is 5.91 Å². The van der Waals surface area contributed by atoms with Crippen LogP contribution >= 0.6 is 0 Å². The summed E-state index contributed by atoms with van der Waals surface area (Å²) in [7, 11) is 0. The zero-order valence-corrected chi connectivity index (χ0v) is 10.8. The van der Waals surface area contributed by atoms with Crippen LogP contribution in [-0.4, -0.2) is 10.5 Å². The van der Waals surface area contributed by atoms with E-state index in [2.05, 4.69) is 32.0 Å². The third kappa shape index (κ3) is 1.32. The summed E-state index contributed by atoms with van der Waals surface area (Å²) in [5, 5.41) is 2.30. The Bertz CT molecular complexity index is 780. The van der Waals surface area contributed by atoms with Crippen molar-refractivity contribution in [3.63, 3.8) is 0 Å². The van der Waals surface area contributed by atoms with E-state index in [1.807, 2.05) is 22.8 Å². The number of aromatic nitrogens is 1. The molecule has 0 radical (unpaired) electrons. The molecule has 0 fully saturated rings. The smallest absolute Gasteiger partial charge is 0.228 e. The van der Waals surface area contributed by atoms with Crippen LogP contribution in [0.15, 0.2) is 36.4 Å². The number of fused-ring (bicyclic) bond motifs is 3. The second kappa shape index (κ2) is 3.70. The third-order valence-corrected chi connectivity index (χ3v) is 3.68. The van der Waals surface area contributed by atoms with Crippen molar-refractivity contribution in [1.29, 1.82) is 0 Å². The average molecular weight is 237 g/mol. The first-order chi connectivity index (χ1) is 8.61. The summed E-state index contributed by atoms with van der Waals surface area (Å²) in [6.07, 6.45) is 0. The highest BCUT2D eigenvalue weighted by Crippen LogP contribution is 2.32. The molecule has 0 saturated heterocycles. The van der Waals surface area contributed by atoms with Crippen molar-refractivity contribution in [3.8, 4) is 0 Å². The number of nitrogens with zero attached hydrogens (tertiary/aromatic N) is 1. The van der Waals surface area contributed by atoms with E-state index in [1.165, 1.54) is 11.1 Å². The van der Waals surface area contributed by atoms with Crippen LogP contribution in [0.25, 0.3) is 21.8 Å². The number of rotatable bonds is 0. The van der Waals surface area contributed by atoms with E-state index in [0.29, 0.717) is 0 Å². The molecule has 0 atom stereocenters. The quantitative estimate of drug-likeness (QED) is 0.577. The zero-order valence-electron chi connectivity index (χ0n) is 10.8. The predicted octanol–water partition coefficient (Wildman–Crippen LogP) is 4.07. The van der Waals surface area contributed by atoms with Crippen molar-refractivity contribution >= 4 is 27.7 Å². The summed E-state index contributed by atoms with van der Waals surface area (Å²) < 4.78 is 1.83. The molecule has 18 heavy (non-hydrogen) atoms. The van der Waals surface area contributed by atoms with Crippen molar-refractivity contribution < 1.29 is 4.79 Å². The van der Waals surface area contributed by atoms with Crippen LogP contribution in [0.1, 0.15) is 22.8 Å². The number of para-hydroxylation sites is 1. The second-order valence-electron chi connectivity index (χ2n) is 4.78. The van der Waals surface area contributed by atoms with Crippen molar-refractivity contribution in [2.45, 2.75) is 20.8 Å². The number of hydrogen-bond acceptors (Lipinski definition) is 1. The molecule has 0 unspecified atom stereocenters. The van der Waals surface area contributed by atoms with Crippen molar-refractivity contribution in [3.05, 3.63) is 47.5 Å². The first kappa shape index (κ1) is 11.0. The van der Waals surface area contributed by atoms with Gasteiger partial charge in [-0.3, -0.25) is 9.36 Å². The van der Waals surface area contributed by atoms with E-state index in [4.69, 9.17) is 0 Å². The van der Waals surface area contributed by atoms with Gasteiger partial charge >= 0.3 is 0 Å². The number of carbonyl (C=O) groups is 1. The lowest BCUT2D eigenvalue weighted by molar-refractivity contribution is 0.0946. The van der Waals surface area contributed by atoms with Gasteiger partial charge in [0, 0.05) is 17.7 Å². The van der Waals surface area contributed by atoms with Gasteiger partial charge in [0.2, 0.25) is 5.91 Å². The molecule has 0 aliphatic heterocycles. The Morgan fingerprint density at radius 2 is 1.72 bits per heavy atom. The molecule has 2 aromatic carbocycles. The van der Waals surface area contributed by atoms with E-state index < -0.39 is 0 Å². The van der Waals surface area contributed by atoms with Crippen LogP contribution in [0, 0.1) is 13.8 Å². The lowest BCUT2D eigenvalue weighted by Crippen LogP contribution is -2.05. The minimum absolute atomic E-state index is 0.0647. The Labute approximate surface area is 106 Å². The Morgan fingerprint density at radius 1 is 1.00 bits per heavy atom. The van der Waals surface area contributed by atoms with E-state index in [1.54, 1.807) is 6.92 Å². The number of hydrogen-bond donors (Lipinski definition) is 0. The molecule has 1 heterocycles. The highest BCUT2D eigenvalue weighted by atomic mass is 16.1. The fourth-order valence-corrected chi connectivity index (χ4v) is 2.65. The predicted molar refractivity (Wildman–Crippen MR) is 75.2 cm³/mol. The van der Waals surface area contributed by atoms with Gasteiger partial charge in [-0.25, -0.2) is 0 Å².